The van der Waals surface area contributed by atoms with E-state index in [-0.39, 0.29) is 30.4 Å². The highest BCUT2D eigenvalue weighted by Crippen LogP contribution is 2.23. The zero-order valence-corrected chi connectivity index (χ0v) is 12.7. The molecule has 19 heavy (non-hydrogen) atoms. The summed E-state index contributed by atoms with van der Waals surface area (Å²) in [5, 5.41) is 3.80. The fourth-order valence-electron chi connectivity index (χ4n) is 2.23. The van der Waals surface area contributed by atoms with Gasteiger partial charge >= 0.3 is 0 Å². The normalized spacial score (nSPS) is 22.5. The minimum absolute atomic E-state index is 0. The van der Waals surface area contributed by atoms with Gasteiger partial charge in [0.25, 0.3) is 5.91 Å². The Morgan fingerprint density at radius 3 is 2.53 bits per heavy atom. The Kier molecular flexibility index (Phi) is 6.40. The van der Waals surface area contributed by atoms with Crippen LogP contribution in [0.25, 0.3) is 0 Å². The van der Waals surface area contributed by atoms with Crippen molar-refractivity contribution in [2.24, 2.45) is 5.73 Å². The number of carbonyl (C=O) groups excluding carboxylic acids is 1. The molecule has 2 rings (SSSR count). The van der Waals surface area contributed by atoms with Crippen LogP contribution in [-0.4, -0.2) is 18.0 Å². The molecule has 1 aromatic rings. The fourth-order valence-corrected chi connectivity index (χ4v) is 2.53. The molecule has 3 nitrogen and oxygen atoms in total. The number of halogens is 3. The molecule has 0 aromatic heterocycles. The van der Waals surface area contributed by atoms with Crippen LogP contribution in [0.15, 0.2) is 18.2 Å². The van der Waals surface area contributed by atoms with E-state index in [0.717, 1.165) is 25.7 Å². The predicted octanol–water partition coefficient (Wildman–Crippen LogP) is 3.41. The Morgan fingerprint density at radius 1 is 1.21 bits per heavy atom. The lowest BCUT2D eigenvalue weighted by Gasteiger charge is -2.29. The van der Waals surface area contributed by atoms with E-state index in [1.165, 1.54) is 0 Å². The van der Waals surface area contributed by atoms with Crippen LogP contribution >= 0.6 is 35.6 Å². The van der Waals surface area contributed by atoms with Gasteiger partial charge in [-0.05, 0) is 31.0 Å². The highest BCUT2D eigenvalue weighted by atomic mass is 35.5. The van der Waals surface area contributed by atoms with Crippen molar-refractivity contribution in [2.75, 3.05) is 0 Å². The lowest BCUT2D eigenvalue weighted by Crippen LogP contribution is -2.49. The maximum Gasteiger partial charge on any atom is 0.251 e. The van der Waals surface area contributed by atoms with E-state index in [9.17, 15) is 4.79 Å². The Hall–Kier alpha value is -0.480. The highest BCUT2D eigenvalue weighted by Gasteiger charge is 2.23. The van der Waals surface area contributed by atoms with Gasteiger partial charge in [-0.2, -0.15) is 0 Å². The minimum atomic E-state index is -0.143. The molecule has 1 saturated carbocycles. The molecule has 0 unspecified atom stereocenters. The first-order valence-electron chi connectivity index (χ1n) is 6.09. The summed E-state index contributed by atoms with van der Waals surface area (Å²) in [4.78, 5) is 12.1. The van der Waals surface area contributed by atoms with Gasteiger partial charge in [0.1, 0.15) is 0 Å². The van der Waals surface area contributed by atoms with Crippen molar-refractivity contribution in [3.05, 3.63) is 33.8 Å². The largest absolute Gasteiger partial charge is 0.348 e. The lowest BCUT2D eigenvalue weighted by atomic mass is 9.91. The zero-order chi connectivity index (χ0) is 13.1. The average Bonchev–Trinajstić information content (AvgIpc) is 2.35. The molecule has 0 spiro atoms. The molecule has 1 aromatic carbocycles. The Labute approximate surface area is 129 Å². The van der Waals surface area contributed by atoms with E-state index in [0.29, 0.717) is 15.6 Å². The zero-order valence-electron chi connectivity index (χ0n) is 10.4. The molecule has 1 aliphatic carbocycles. The molecular formula is C13H17Cl3N2O. The monoisotopic (exact) mass is 322 g/mol. The summed E-state index contributed by atoms with van der Waals surface area (Å²) in [6, 6.07) is 4.97. The van der Waals surface area contributed by atoms with Gasteiger partial charge < -0.3 is 11.1 Å². The van der Waals surface area contributed by atoms with Gasteiger partial charge in [-0.15, -0.1) is 12.4 Å². The van der Waals surface area contributed by atoms with Crippen molar-refractivity contribution in [3.8, 4) is 0 Å². The van der Waals surface area contributed by atoms with E-state index in [1.807, 2.05) is 0 Å². The van der Waals surface area contributed by atoms with Crippen molar-refractivity contribution in [2.45, 2.75) is 37.8 Å². The maximum atomic E-state index is 12.1. The SMILES string of the molecule is Cl.N[C@H]1CCCC[C@H]1NC(=O)c1ccc(Cl)c(Cl)c1. The second kappa shape index (κ2) is 7.34. The number of benzene rings is 1. The van der Waals surface area contributed by atoms with Gasteiger partial charge in [-0.25, -0.2) is 0 Å². The third-order valence-corrected chi connectivity index (χ3v) is 4.06. The number of nitrogens with two attached hydrogens (primary N) is 1. The van der Waals surface area contributed by atoms with Gasteiger partial charge in [0.2, 0.25) is 0 Å². The van der Waals surface area contributed by atoms with Crippen LogP contribution in [0.4, 0.5) is 0 Å². The van der Waals surface area contributed by atoms with Crippen molar-refractivity contribution < 1.29 is 4.79 Å². The molecule has 0 saturated heterocycles. The van der Waals surface area contributed by atoms with Crippen LogP contribution in [0.5, 0.6) is 0 Å². The minimum Gasteiger partial charge on any atom is -0.348 e. The molecule has 2 atom stereocenters. The molecular weight excluding hydrogens is 307 g/mol. The maximum absolute atomic E-state index is 12.1. The first-order chi connectivity index (χ1) is 8.58. The van der Waals surface area contributed by atoms with Gasteiger partial charge in [0.05, 0.1) is 10.0 Å². The number of amides is 1. The molecule has 0 aliphatic heterocycles. The third-order valence-electron chi connectivity index (χ3n) is 3.32. The standard InChI is InChI=1S/C13H16Cl2N2O.ClH/c14-9-6-5-8(7-10(9)15)13(18)17-12-4-2-1-3-11(12)16;/h5-7,11-12H,1-4,16H2,(H,17,18);1H/t11-,12+;/m0./s1. The highest BCUT2D eigenvalue weighted by molar-refractivity contribution is 6.42. The van der Waals surface area contributed by atoms with Crippen molar-refractivity contribution in [1.82, 2.24) is 5.32 Å². The quantitative estimate of drug-likeness (QED) is 0.876. The van der Waals surface area contributed by atoms with Crippen molar-refractivity contribution in [1.29, 1.82) is 0 Å². The first-order valence-corrected chi connectivity index (χ1v) is 6.85. The van der Waals surface area contributed by atoms with Crippen LogP contribution in [0.1, 0.15) is 36.0 Å². The molecule has 1 aliphatic rings. The molecule has 0 heterocycles. The van der Waals surface area contributed by atoms with E-state index in [1.54, 1.807) is 18.2 Å². The molecule has 106 valence electrons. The van der Waals surface area contributed by atoms with Crippen LogP contribution < -0.4 is 11.1 Å². The summed E-state index contributed by atoms with van der Waals surface area (Å²) in [5.74, 6) is -0.143. The number of carbonyl (C=O) groups is 1. The van der Waals surface area contributed by atoms with Gasteiger partial charge in [0.15, 0.2) is 0 Å². The van der Waals surface area contributed by atoms with Gasteiger partial charge in [-0.1, -0.05) is 36.0 Å². The summed E-state index contributed by atoms with van der Waals surface area (Å²) in [6.07, 6.45) is 4.15. The van der Waals surface area contributed by atoms with Crippen molar-refractivity contribution in [3.63, 3.8) is 0 Å². The second-order valence-electron chi connectivity index (χ2n) is 4.66. The number of nitrogens with one attached hydrogen (secondary N) is 1. The molecule has 0 bridgehead atoms. The number of hydrogen-bond acceptors (Lipinski definition) is 2. The summed E-state index contributed by atoms with van der Waals surface area (Å²) in [6.45, 7) is 0. The molecule has 1 fully saturated rings. The molecule has 3 N–H and O–H groups in total. The van der Waals surface area contributed by atoms with Gasteiger partial charge in [0, 0.05) is 17.6 Å². The van der Waals surface area contributed by atoms with Crippen LogP contribution in [0.2, 0.25) is 10.0 Å². The topological polar surface area (TPSA) is 55.1 Å². The number of rotatable bonds is 2. The van der Waals surface area contributed by atoms with E-state index in [2.05, 4.69) is 5.32 Å². The third kappa shape index (κ3) is 4.25. The lowest BCUT2D eigenvalue weighted by molar-refractivity contribution is 0.0921. The summed E-state index contributed by atoms with van der Waals surface area (Å²) in [7, 11) is 0. The predicted molar refractivity (Wildman–Crippen MR) is 81.4 cm³/mol. The fraction of sp³-hybridized carbons (Fsp3) is 0.462. The second-order valence-corrected chi connectivity index (χ2v) is 5.47. The van der Waals surface area contributed by atoms with E-state index < -0.39 is 0 Å². The summed E-state index contributed by atoms with van der Waals surface area (Å²) in [5.41, 5.74) is 6.51. The van der Waals surface area contributed by atoms with Crippen molar-refractivity contribution >= 4 is 41.5 Å². The van der Waals surface area contributed by atoms with Crippen LogP contribution in [0, 0.1) is 0 Å². The Morgan fingerprint density at radius 2 is 1.89 bits per heavy atom. The smallest absolute Gasteiger partial charge is 0.251 e. The first kappa shape index (κ1) is 16.6. The summed E-state index contributed by atoms with van der Waals surface area (Å²) >= 11 is 11.7. The van der Waals surface area contributed by atoms with E-state index in [4.69, 9.17) is 28.9 Å². The average molecular weight is 324 g/mol. The van der Waals surface area contributed by atoms with Crippen LogP contribution in [0.3, 0.4) is 0 Å². The summed E-state index contributed by atoms with van der Waals surface area (Å²) < 4.78 is 0. The van der Waals surface area contributed by atoms with E-state index >= 15 is 0 Å². The Bertz CT molecular complexity index is 454. The Balaban J connectivity index is 0.00000180. The molecule has 1 amide bonds. The van der Waals surface area contributed by atoms with Gasteiger partial charge in [-0.3, -0.25) is 4.79 Å². The van der Waals surface area contributed by atoms with Crippen LogP contribution in [-0.2, 0) is 0 Å². The molecule has 6 heteroatoms. The molecule has 0 radical (unpaired) electrons. The number of hydrogen-bond donors (Lipinski definition) is 2.